The topological polar surface area (TPSA) is 59.4 Å². The van der Waals surface area contributed by atoms with Crippen LogP contribution in [-0.2, 0) is 22.6 Å². The molecule has 0 atom stereocenters. The van der Waals surface area contributed by atoms with Crippen molar-refractivity contribution in [3.8, 4) is 10.6 Å². The third-order valence-corrected chi connectivity index (χ3v) is 3.36. The summed E-state index contributed by atoms with van der Waals surface area (Å²) in [6.45, 7) is 0.518. The lowest BCUT2D eigenvalue weighted by Crippen LogP contribution is -2.00. The summed E-state index contributed by atoms with van der Waals surface area (Å²) >= 11 is 1.45. The molecular weight excluding hydrogens is 250 g/mol. The highest BCUT2D eigenvalue weighted by molar-refractivity contribution is 7.13. The van der Waals surface area contributed by atoms with E-state index in [0.29, 0.717) is 12.3 Å². The number of rotatable bonds is 5. The van der Waals surface area contributed by atoms with Crippen molar-refractivity contribution < 1.29 is 14.6 Å². The Balaban J connectivity index is 2.30. The summed E-state index contributed by atoms with van der Waals surface area (Å²) in [5, 5.41) is 11.3. The molecule has 1 heterocycles. The Morgan fingerprint density at radius 3 is 2.94 bits per heavy atom. The Morgan fingerprint density at radius 1 is 1.44 bits per heavy atom. The van der Waals surface area contributed by atoms with Crippen molar-refractivity contribution in [2.45, 2.75) is 13.0 Å². The molecule has 94 valence electrons. The molecule has 0 bridgehead atoms. The molecule has 1 aromatic carbocycles. The molecule has 0 radical (unpaired) electrons. The van der Waals surface area contributed by atoms with E-state index in [4.69, 9.17) is 9.84 Å². The van der Waals surface area contributed by atoms with Crippen molar-refractivity contribution in [1.29, 1.82) is 0 Å². The average molecular weight is 263 g/mol. The van der Waals surface area contributed by atoms with Gasteiger partial charge in [0.2, 0.25) is 0 Å². The molecule has 1 N–H and O–H groups in total. The van der Waals surface area contributed by atoms with Crippen molar-refractivity contribution in [2.75, 3.05) is 7.11 Å². The molecule has 2 rings (SSSR count). The number of hydrogen-bond donors (Lipinski definition) is 1. The Bertz CT molecular complexity index is 551. The third kappa shape index (κ3) is 2.94. The second-order valence-electron chi connectivity index (χ2n) is 3.80. The van der Waals surface area contributed by atoms with Crippen LogP contribution in [0.4, 0.5) is 0 Å². The zero-order chi connectivity index (χ0) is 13.0. The lowest BCUT2D eigenvalue weighted by molar-refractivity contribution is -0.136. The smallest absolute Gasteiger partial charge is 0.309 e. The minimum Gasteiger partial charge on any atom is -0.481 e. The summed E-state index contributed by atoms with van der Waals surface area (Å²) in [5.41, 5.74) is 2.65. The van der Waals surface area contributed by atoms with E-state index in [1.807, 2.05) is 24.3 Å². The van der Waals surface area contributed by atoms with Crippen molar-refractivity contribution in [3.05, 3.63) is 40.9 Å². The second kappa shape index (κ2) is 5.75. The fourth-order valence-corrected chi connectivity index (χ4v) is 2.56. The molecule has 0 aliphatic heterocycles. The van der Waals surface area contributed by atoms with Gasteiger partial charge in [-0.3, -0.25) is 4.79 Å². The molecule has 0 fully saturated rings. The van der Waals surface area contributed by atoms with Crippen LogP contribution in [0, 0.1) is 0 Å². The lowest BCUT2D eigenvalue weighted by atomic mass is 10.1. The maximum absolute atomic E-state index is 10.6. The normalized spacial score (nSPS) is 10.5. The van der Waals surface area contributed by atoms with Gasteiger partial charge in [-0.05, 0) is 5.56 Å². The number of methoxy groups -OCH3 is 1. The van der Waals surface area contributed by atoms with Crippen LogP contribution >= 0.6 is 11.3 Å². The van der Waals surface area contributed by atoms with E-state index in [2.05, 4.69) is 4.98 Å². The van der Waals surface area contributed by atoms with Gasteiger partial charge in [-0.2, -0.15) is 0 Å². The number of carboxylic acid groups (broad SMARTS) is 1. The van der Waals surface area contributed by atoms with E-state index in [-0.39, 0.29) is 6.42 Å². The van der Waals surface area contributed by atoms with Crippen LogP contribution in [0.1, 0.15) is 11.3 Å². The lowest BCUT2D eigenvalue weighted by Gasteiger charge is -2.05. The fraction of sp³-hybridized carbons (Fsp3) is 0.231. The highest BCUT2D eigenvalue weighted by Crippen LogP contribution is 2.27. The number of thiazole rings is 1. The molecule has 2 aromatic rings. The molecule has 0 amide bonds. The molecule has 0 saturated heterocycles. The number of ether oxygens (including phenoxy) is 1. The number of carbonyl (C=O) groups is 1. The molecule has 0 unspecified atom stereocenters. The van der Waals surface area contributed by atoms with Gasteiger partial charge in [-0.25, -0.2) is 4.98 Å². The van der Waals surface area contributed by atoms with E-state index in [9.17, 15) is 4.79 Å². The zero-order valence-electron chi connectivity index (χ0n) is 9.92. The summed E-state index contributed by atoms with van der Waals surface area (Å²) in [5.74, 6) is -0.864. The second-order valence-corrected chi connectivity index (χ2v) is 4.66. The molecule has 0 spiro atoms. The number of carboxylic acids is 1. The van der Waals surface area contributed by atoms with Crippen LogP contribution in [0.5, 0.6) is 0 Å². The molecule has 18 heavy (non-hydrogen) atoms. The van der Waals surface area contributed by atoms with Crippen molar-refractivity contribution in [3.63, 3.8) is 0 Å². The standard InChI is InChI=1S/C13H13NO3S/c1-17-7-9-4-2-3-5-11(9)13-14-10(8-18-13)6-12(15)16/h2-5,8H,6-7H2,1H3,(H,15,16). The summed E-state index contributed by atoms with van der Waals surface area (Å²) in [7, 11) is 1.65. The quantitative estimate of drug-likeness (QED) is 0.900. The summed E-state index contributed by atoms with van der Waals surface area (Å²) in [6.07, 6.45) is -0.0387. The van der Waals surface area contributed by atoms with E-state index < -0.39 is 5.97 Å². The SMILES string of the molecule is COCc1ccccc1-c1nc(CC(=O)O)cs1. The van der Waals surface area contributed by atoms with Gasteiger partial charge in [0.05, 0.1) is 18.7 Å². The highest BCUT2D eigenvalue weighted by Gasteiger charge is 2.10. The largest absolute Gasteiger partial charge is 0.481 e. The first-order chi connectivity index (χ1) is 8.70. The highest BCUT2D eigenvalue weighted by atomic mass is 32.1. The van der Waals surface area contributed by atoms with Gasteiger partial charge in [0.15, 0.2) is 0 Å². The summed E-state index contributed by atoms with van der Waals surface area (Å²) in [4.78, 5) is 15.0. The van der Waals surface area contributed by atoms with Crippen LogP contribution in [0.15, 0.2) is 29.6 Å². The van der Waals surface area contributed by atoms with Gasteiger partial charge < -0.3 is 9.84 Å². The fourth-order valence-electron chi connectivity index (χ4n) is 1.68. The molecule has 1 aromatic heterocycles. The van der Waals surface area contributed by atoms with Crippen LogP contribution in [-0.4, -0.2) is 23.2 Å². The first-order valence-corrected chi connectivity index (χ1v) is 6.32. The first-order valence-electron chi connectivity index (χ1n) is 5.44. The van der Waals surface area contributed by atoms with Crippen molar-refractivity contribution in [1.82, 2.24) is 4.98 Å². The van der Waals surface area contributed by atoms with Crippen LogP contribution in [0.2, 0.25) is 0 Å². The Kier molecular flexibility index (Phi) is 4.07. The molecule has 0 saturated carbocycles. The molecule has 0 aliphatic rings. The van der Waals surface area contributed by atoms with Gasteiger partial charge in [0.25, 0.3) is 0 Å². The molecule has 5 heteroatoms. The van der Waals surface area contributed by atoms with E-state index in [1.54, 1.807) is 12.5 Å². The van der Waals surface area contributed by atoms with Crippen LogP contribution < -0.4 is 0 Å². The van der Waals surface area contributed by atoms with Gasteiger partial charge >= 0.3 is 5.97 Å². The van der Waals surface area contributed by atoms with Crippen molar-refractivity contribution >= 4 is 17.3 Å². The Hall–Kier alpha value is -1.72. The van der Waals surface area contributed by atoms with Crippen LogP contribution in [0.3, 0.4) is 0 Å². The Labute approximate surface area is 109 Å². The summed E-state index contributed by atoms with van der Waals surface area (Å²) < 4.78 is 5.14. The maximum Gasteiger partial charge on any atom is 0.309 e. The predicted molar refractivity (Wildman–Crippen MR) is 69.6 cm³/mol. The van der Waals surface area contributed by atoms with Gasteiger partial charge in [0, 0.05) is 18.1 Å². The number of aliphatic carboxylic acids is 1. The minimum absolute atomic E-state index is 0.0387. The molecular formula is C13H13NO3S. The minimum atomic E-state index is -0.864. The Morgan fingerprint density at radius 2 is 2.22 bits per heavy atom. The summed E-state index contributed by atoms with van der Waals surface area (Å²) in [6, 6.07) is 7.84. The monoisotopic (exact) mass is 263 g/mol. The van der Waals surface area contributed by atoms with E-state index >= 15 is 0 Å². The molecule has 0 aliphatic carbocycles. The van der Waals surface area contributed by atoms with E-state index in [1.165, 1.54) is 11.3 Å². The van der Waals surface area contributed by atoms with Gasteiger partial charge in [-0.1, -0.05) is 24.3 Å². The van der Waals surface area contributed by atoms with Gasteiger partial charge in [0.1, 0.15) is 5.01 Å². The van der Waals surface area contributed by atoms with Crippen LogP contribution in [0.25, 0.3) is 10.6 Å². The zero-order valence-corrected chi connectivity index (χ0v) is 10.7. The molecule has 4 nitrogen and oxygen atoms in total. The van der Waals surface area contributed by atoms with Crippen molar-refractivity contribution in [2.24, 2.45) is 0 Å². The first kappa shape index (κ1) is 12.7. The van der Waals surface area contributed by atoms with E-state index in [0.717, 1.165) is 16.1 Å². The predicted octanol–water partition coefficient (Wildman–Crippen LogP) is 2.58. The average Bonchev–Trinajstić information content (AvgIpc) is 2.77. The number of nitrogens with zero attached hydrogens (tertiary/aromatic N) is 1. The third-order valence-electron chi connectivity index (χ3n) is 2.43. The maximum atomic E-state index is 10.6. The number of benzene rings is 1. The van der Waals surface area contributed by atoms with Gasteiger partial charge in [-0.15, -0.1) is 11.3 Å². The number of aromatic nitrogens is 1. The number of hydrogen-bond acceptors (Lipinski definition) is 4.